The Morgan fingerprint density at radius 2 is 1.08 bits per heavy atom. The van der Waals surface area contributed by atoms with Crippen molar-refractivity contribution in [3.8, 4) is 11.8 Å². The third-order valence-electron chi connectivity index (χ3n) is 4.27. The maximum atomic E-state index is 12.6. The average molecular weight is 346 g/mol. The molecule has 126 valence electrons. The first kappa shape index (κ1) is 16.2. The monoisotopic (exact) mass is 346 g/mol. The molecule has 0 aliphatic rings. The van der Waals surface area contributed by atoms with Crippen LogP contribution in [0.25, 0.3) is 21.5 Å². The van der Waals surface area contributed by atoms with Crippen molar-refractivity contribution in [2.75, 3.05) is 0 Å². The zero-order valence-electron chi connectivity index (χ0n) is 13.6. The molecule has 0 amide bonds. The van der Waals surface area contributed by atoms with Crippen LogP contribution in [-0.4, -0.2) is 0 Å². The first-order chi connectivity index (χ1) is 12.5. The molecule has 3 heteroatoms. The highest BCUT2D eigenvalue weighted by Crippen LogP contribution is 2.29. The van der Waals surface area contributed by atoms with E-state index in [0.717, 1.165) is 33.9 Å². The molecule has 0 aliphatic carbocycles. The fourth-order valence-electron chi connectivity index (χ4n) is 2.90. The van der Waals surface area contributed by atoms with Crippen molar-refractivity contribution < 1.29 is 13.2 Å². The Balaban J connectivity index is 1.67. The van der Waals surface area contributed by atoms with E-state index in [4.69, 9.17) is 0 Å². The zero-order chi connectivity index (χ0) is 18.1. The van der Waals surface area contributed by atoms with E-state index in [-0.39, 0.29) is 0 Å². The number of alkyl halides is 3. The van der Waals surface area contributed by atoms with Gasteiger partial charge in [0.25, 0.3) is 0 Å². The minimum absolute atomic E-state index is 0.552. The summed E-state index contributed by atoms with van der Waals surface area (Å²) < 4.78 is 37.8. The van der Waals surface area contributed by atoms with Gasteiger partial charge in [0.1, 0.15) is 0 Å². The summed E-state index contributed by atoms with van der Waals surface area (Å²) in [5, 5.41) is 4.56. The average Bonchev–Trinajstić information content (AvgIpc) is 2.64. The summed E-state index contributed by atoms with van der Waals surface area (Å²) in [6.07, 6.45) is -4.33. The highest BCUT2D eigenvalue weighted by atomic mass is 19.4. The summed E-state index contributed by atoms with van der Waals surface area (Å²) in [5.41, 5.74) is 0.713. The third-order valence-corrected chi connectivity index (χ3v) is 4.27. The van der Waals surface area contributed by atoms with Crippen LogP contribution in [0.3, 0.4) is 0 Å². The van der Waals surface area contributed by atoms with Crippen LogP contribution < -0.4 is 0 Å². The highest BCUT2D eigenvalue weighted by molar-refractivity contribution is 5.98. The molecular formula is C23H13F3. The van der Waals surface area contributed by atoms with E-state index < -0.39 is 11.7 Å². The van der Waals surface area contributed by atoms with E-state index in [1.807, 2.05) is 30.3 Å². The van der Waals surface area contributed by atoms with Crippen molar-refractivity contribution in [3.05, 3.63) is 95.6 Å². The van der Waals surface area contributed by atoms with Crippen LogP contribution in [0.4, 0.5) is 13.2 Å². The maximum Gasteiger partial charge on any atom is 0.416 e. The molecule has 0 saturated carbocycles. The third kappa shape index (κ3) is 3.27. The van der Waals surface area contributed by atoms with Gasteiger partial charge in [0.15, 0.2) is 0 Å². The van der Waals surface area contributed by atoms with Crippen molar-refractivity contribution in [1.82, 2.24) is 0 Å². The summed E-state index contributed by atoms with van der Waals surface area (Å²) in [6.45, 7) is 0. The molecule has 0 fully saturated rings. The number of benzene rings is 4. The Kier molecular flexibility index (Phi) is 3.89. The van der Waals surface area contributed by atoms with Crippen molar-refractivity contribution in [2.24, 2.45) is 0 Å². The minimum atomic E-state index is -4.33. The molecule has 0 bridgehead atoms. The molecule has 0 saturated heterocycles. The van der Waals surface area contributed by atoms with Crippen LogP contribution in [-0.2, 0) is 6.18 Å². The Morgan fingerprint density at radius 1 is 0.538 bits per heavy atom. The molecule has 0 atom stereocenters. The largest absolute Gasteiger partial charge is 0.416 e. The Hall–Kier alpha value is -3.25. The topological polar surface area (TPSA) is 0 Å². The second-order valence-corrected chi connectivity index (χ2v) is 6.09. The van der Waals surface area contributed by atoms with E-state index in [9.17, 15) is 13.2 Å². The molecule has 4 aromatic carbocycles. The van der Waals surface area contributed by atoms with Crippen LogP contribution in [0.5, 0.6) is 0 Å². The van der Waals surface area contributed by atoms with Gasteiger partial charge < -0.3 is 0 Å². The number of rotatable bonds is 0. The van der Waals surface area contributed by atoms with Crippen LogP contribution in [0.1, 0.15) is 16.7 Å². The lowest BCUT2D eigenvalue weighted by molar-refractivity contribution is -0.137. The summed E-state index contributed by atoms with van der Waals surface area (Å²) >= 11 is 0. The minimum Gasteiger partial charge on any atom is -0.166 e. The normalized spacial score (nSPS) is 11.3. The molecule has 0 nitrogen and oxygen atoms in total. The molecule has 4 rings (SSSR count). The molecule has 0 N–H and O–H groups in total. The first-order valence-corrected chi connectivity index (χ1v) is 8.11. The lowest BCUT2D eigenvalue weighted by atomic mass is 10.0. The van der Waals surface area contributed by atoms with Crippen molar-refractivity contribution in [3.63, 3.8) is 0 Å². The molecule has 0 heterocycles. The van der Waals surface area contributed by atoms with Crippen molar-refractivity contribution >= 4 is 21.5 Å². The van der Waals surface area contributed by atoms with E-state index in [0.29, 0.717) is 5.56 Å². The van der Waals surface area contributed by atoms with Gasteiger partial charge in [-0.2, -0.15) is 13.2 Å². The standard InChI is InChI=1S/C23H13F3/c24-23(25,26)22-11-8-16(9-12-22)5-6-17-7-10-20-14-18-3-1-2-4-19(18)15-21(20)13-17/h1-4,7-15H. The molecule has 4 aromatic rings. The highest BCUT2D eigenvalue weighted by Gasteiger charge is 2.29. The first-order valence-electron chi connectivity index (χ1n) is 8.11. The zero-order valence-corrected chi connectivity index (χ0v) is 13.6. The van der Waals surface area contributed by atoms with E-state index in [2.05, 4.69) is 36.1 Å². The summed E-state index contributed by atoms with van der Waals surface area (Å²) in [5.74, 6) is 5.95. The fraction of sp³-hybridized carbons (Fsp3) is 0.0435. The molecule has 0 spiro atoms. The predicted octanol–water partition coefficient (Wildman–Crippen LogP) is 6.41. The molecule has 0 radical (unpaired) electrons. The lowest BCUT2D eigenvalue weighted by Crippen LogP contribution is -2.04. The van der Waals surface area contributed by atoms with Gasteiger partial charge in [0, 0.05) is 11.1 Å². The molecular weight excluding hydrogens is 333 g/mol. The summed E-state index contributed by atoms with van der Waals surface area (Å²) in [6, 6.07) is 23.2. The van der Waals surface area contributed by atoms with Crippen molar-refractivity contribution in [2.45, 2.75) is 6.18 Å². The van der Waals surface area contributed by atoms with Gasteiger partial charge in [-0.25, -0.2) is 0 Å². The molecule has 26 heavy (non-hydrogen) atoms. The second-order valence-electron chi connectivity index (χ2n) is 6.09. The maximum absolute atomic E-state index is 12.6. The van der Waals surface area contributed by atoms with Gasteiger partial charge in [-0.3, -0.25) is 0 Å². The van der Waals surface area contributed by atoms with Gasteiger partial charge in [-0.05, 0) is 70.1 Å². The lowest BCUT2D eigenvalue weighted by Gasteiger charge is -2.05. The molecule has 0 aliphatic heterocycles. The van der Waals surface area contributed by atoms with E-state index in [1.165, 1.54) is 17.5 Å². The number of fused-ring (bicyclic) bond motifs is 2. The van der Waals surface area contributed by atoms with E-state index in [1.54, 1.807) is 0 Å². The quantitative estimate of drug-likeness (QED) is 0.255. The Labute approximate surface area is 148 Å². The fourth-order valence-corrected chi connectivity index (χ4v) is 2.90. The van der Waals surface area contributed by atoms with Gasteiger partial charge in [0.2, 0.25) is 0 Å². The van der Waals surface area contributed by atoms with Gasteiger partial charge in [-0.15, -0.1) is 0 Å². The smallest absolute Gasteiger partial charge is 0.166 e. The van der Waals surface area contributed by atoms with Crippen LogP contribution in [0.2, 0.25) is 0 Å². The molecule has 0 unspecified atom stereocenters. The van der Waals surface area contributed by atoms with Crippen LogP contribution in [0.15, 0.2) is 78.9 Å². The molecule has 0 aromatic heterocycles. The SMILES string of the molecule is FC(F)(F)c1ccc(C#Cc2ccc3cc4ccccc4cc3c2)cc1. The Bertz CT molecular complexity index is 1160. The number of halogens is 3. The predicted molar refractivity (Wildman–Crippen MR) is 98.9 cm³/mol. The van der Waals surface area contributed by atoms with Gasteiger partial charge in [0.05, 0.1) is 5.56 Å². The van der Waals surface area contributed by atoms with Gasteiger partial charge in [-0.1, -0.05) is 42.2 Å². The van der Waals surface area contributed by atoms with Crippen LogP contribution >= 0.6 is 0 Å². The Morgan fingerprint density at radius 3 is 1.73 bits per heavy atom. The summed E-state index contributed by atoms with van der Waals surface area (Å²) in [4.78, 5) is 0. The summed E-state index contributed by atoms with van der Waals surface area (Å²) in [7, 11) is 0. The van der Waals surface area contributed by atoms with Gasteiger partial charge >= 0.3 is 6.18 Å². The number of hydrogen-bond acceptors (Lipinski definition) is 0. The number of hydrogen-bond donors (Lipinski definition) is 0. The van der Waals surface area contributed by atoms with E-state index >= 15 is 0 Å². The second kappa shape index (κ2) is 6.24. The van der Waals surface area contributed by atoms with Crippen LogP contribution in [0, 0.1) is 11.8 Å². The van der Waals surface area contributed by atoms with Crippen molar-refractivity contribution in [1.29, 1.82) is 0 Å².